The lowest BCUT2D eigenvalue weighted by Gasteiger charge is -2.38. The van der Waals surface area contributed by atoms with Crippen LogP contribution in [-0.4, -0.2) is 14.8 Å². The first-order chi connectivity index (χ1) is 7.66. The van der Waals surface area contributed by atoms with Crippen LogP contribution in [-0.2, 0) is 0 Å². The third kappa shape index (κ3) is 5.01. The van der Waals surface area contributed by atoms with E-state index in [1.165, 1.54) is 50.7 Å². The van der Waals surface area contributed by atoms with Gasteiger partial charge in [0.15, 0.2) is 0 Å². The number of hydrogen-bond acceptors (Lipinski definition) is 1. The highest BCUT2D eigenvalue weighted by Crippen LogP contribution is 2.32. The zero-order chi connectivity index (χ0) is 12.4. The van der Waals surface area contributed by atoms with Gasteiger partial charge in [-0.15, -0.1) is 0 Å². The molecule has 0 amide bonds. The summed E-state index contributed by atoms with van der Waals surface area (Å²) in [6, 6.07) is 2.98. The summed E-state index contributed by atoms with van der Waals surface area (Å²) in [6.45, 7) is 12.9. The normalized spacial score (nSPS) is 14.1. The monoisotopic (exact) mass is 243 g/mol. The zero-order valence-corrected chi connectivity index (χ0v) is 13.2. The molecule has 1 nitrogen and oxygen atoms in total. The molecule has 1 N–H and O–H groups in total. The van der Waals surface area contributed by atoms with Crippen molar-refractivity contribution in [2.45, 2.75) is 84.4 Å². The topological polar surface area (TPSA) is 12.0 Å². The number of hydrogen-bond donors (Lipinski definition) is 1. The molecule has 0 aromatic heterocycles. The van der Waals surface area contributed by atoms with Gasteiger partial charge in [0, 0.05) is 0 Å². The SMILES string of the molecule is CCCC[Si](CCCC)(NCC)C(C)CC. The largest absolute Gasteiger partial charge is 0.337 e. The van der Waals surface area contributed by atoms with Crippen molar-refractivity contribution in [1.82, 2.24) is 4.98 Å². The maximum absolute atomic E-state index is 3.96. The van der Waals surface area contributed by atoms with Crippen LogP contribution in [0.2, 0.25) is 17.6 Å². The van der Waals surface area contributed by atoms with Gasteiger partial charge in [-0.25, -0.2) is 0 Å². The number of unbranched alkanes of at least 4 members (excludes halogenated alkanes) is 2. The quantitative estimate of drug-likeness (QED) is 0.536. The van der Waals surface area contributed by atoms with Crippen molar-refractivity contribution < 1.29 is 0 Å². The maximum Gasteiger partial charge on any atom is 0.128 e. The van der Waals surface area contributed by atoms with E-state index < -0.39 is 8.24 Å². The van der Waals surface area contributed by atoms with Gasteiger partial charge in [-0.1, -0.05) is 66.7 Å². The Morgan fingerprint density at radius 3 is 1.75 bits per heavy atom. The lowest BCUT2D eigenvalue weighted by atomic mass is 10.4. The average molecular weight is 244 g/mol. The second-order valence-electron chi connectivity index (χ2n) is 5.20. The van der Waals surface area contributed by atoms with Gasteiger partial charge in [0.1, 0.15) is 8.24 Å². The summed E-state index contributed by atoms with van der Waals surface area (Å²) in [5.74, 6) is 0. The number of rotatable bonds is 10. The van der Waals surface area contributed by atoms with E-state index in [1.54, 1.807) is 0 Å². The molecule has 1 unspecified atom stereocenters. The van der Waals surface area contributed by atoms with E-state index >= 15 is 0 Å². The zero-order valence-electron chi connectivity index (χ0n) is 12.2. The molecule has 0 saturated heterocycles. The first-order valence-electron chi connectivity index (χ1n) is 7.41. The lowest BCUT2D eigenvalue weighted by molar-refractivity contribution is 0.716. The van der Waals surface area contributed by atoms with Crippen molar-refractivity contribution >= 4 is 8.24 Å². The molecule has 0 saturated carbocycles. The Kier molecular flexibility index (Phi) is 9.33. The highest BCUT2D eigenvalue weighted by Gasteiger charge is 2.35. The molecule has 0 aliphatic carbocycles. The Labute approximate surface area is 104 Å². The highest BCUT2D eigenvalue weighted by atomic mass is 28.3. The molecule has 0 heterocycles. The summed E-state index contributed by atoms with van der Waals surface area (Å²) in [7, 11) is -1.19. The van der Waals surface area contributed by atoms with Crippen molar-refractivity contribution in [3.05, 3.63) is 0 Å². The second-order valence-corrected chi connectivity index (χ2v) is 9.85. The van der Waals surface area contributed by atoms with Crippen LogP contribution in [0.25, 0.3) is 0 Å². The van der Waals surface area contributed by atoms with E-state index in [0.717, 1.165) is 5.54 Å². The predicted octanol–water partition coefficient (Wildman–Crippen LogP) is 4.94. The summed E-state index contributed by atoms with van der Waals surface area (Å²) in [6.07, 6.45) is 6.90. The fraction of sp³-hybridized carbons (Fsp3) is 1.00. The van der Waals surface area contributed by atoms with Crippen LogP contribution in [0.4, 0.5) is 0 Å². The van der Waals surface area contributed by atoms with Gasteiger partial charge in [-0.05, 0) is 24.2 Å². The van der Waals surface area contributed by atoms with Crippen molar-refractivity contribution in [2.24, 2.45) is 0 Å². The van der Waals surface area contributed by atoms with E-state index in [2.05, 4.69) is 39.6 Å². The van der Waals surface area contributed by atoms with E-state index in [0.29, 0.717) is 0 Å². The van der Waals surface area contributed by atoms with Crippen molar-refractivity contribution in [3.63, 3.8) is 0 Å². The molecule has 0 aliphatic heterocycles. The Morgan fingerprint density at radius 1 is 0.938 bits per heavy atom. The first kappa shape index (κ1) is 16.2. The summed E-state index contributed by atoms with van der Waals surface area (Å²) in [4.78, 5) is 3.96. The maximum atomic E-state index is 3.96. The molecule has 0 radical (unpaired) electrons. The molecule has 0 aromatic rings. The summed E-state index contributed by atoms with van der Waals surface area (Å²) < 4.78 is 0. The standard InChI is InChI=1S/C14H33NSi/c1-6-10-12-16(15-9-4,13-11-7-2)14(5)8-3/h14-15H,6-13H2,1-5H3. The summed E-state index contributed by atoms with van der Waals surface area (Å²) >= 11 is 0. The molecule has 0 fully saturated rings. The Balaban J connectivity index is 4.58. The van der Waals surface area contributed by atoms with Crippen molar-refractivity contribution in [1.29, 1.82) is 0 Å². The third-order valence-corrected chi connectivity index (χ3v) is 9.88. The minimum atomic E-state index is -1.19. The molecule has 2 heteroatoms. The number of nitrogens with one attached hydrogen (secondary N) is 1. The summed E-state index contributed by atoms with van der Waals surface area (Å²) in [5, 5.41) is 0. The molecule has 0 aromatic carbocycles. The van der Waals surface area contributed by atoms with E-state index in [4.69, 9.17) is 0 Å². The fourth-order valence-corrected chi connectivity index (χ4v) is 8.09. The molecule has 0 rings (SSSR count). The van der Waals surface area contributed by atoms with Gasteiger partial charge in [0.2, 0.25) is 0 Å². The molecular weight excluding hydrogens is 210 g/mol. The lowest BCUT2D eigenvalue weighted by Crippen LogP contribution is -2.53. The molecular formula is C14H33NSi. The molecule has 98 valence electrons. The molecule has 16 heavy (non-hydrogen) atoms. The second kappa shape index (κ2) is 9.23. The van der Waals surface area contributed by atoms with Crippen LogP contribution in [0.3, 0.4) is 0 Å². The van der Waals surface area contributed by atoms with Crippen LogP contribution >= 0.6 is 0 Å². The first-order valence-corrected chi connectivity index (χ1v) is 9.90. The van der Waals surface area contributed by atoms with Crippen LogP contribution in [0.15, 0.2) is 0 Å². The Bertz CT molecular complexity index is 151. The minimum Gasteiger partial charge on any atom is -0.337 e. The van der Waals surface area contributed by atoms with Crippen molar-refractivity contribution in [2.75, 3.05) is 6.54 Å². The minimum absolute atomic E-state index is 0.936. The molecule has 0 aliphatic rings. The van der Waals surface area contributed by atoms with Gasteiger partial charge in [0.25, 0.3) is 0 Å². The molecule has 0 spiro atoms. The van der Waals surface area contributed by atoms with Gasteiger partial charge < -0.3 is 4.98 Å². The van der Waals surface area contributed by atoms with Gasteiger partial charge in [0.05, 0.1) is 0 Å². The van der Waals surface area contributed by atoms with Crippen LogP contribution in [0.1, 0.15) is 66.7 Å². The molecule has 0 bridgehead atoms. The van der Waals surface area contributed by atoms with E-state index in [-0.39, 0.29) is 0 Å². The van der Waals surface area contributed by atoms with E-state index in [1.807, 2.05) is 0 Å². The Morgan fingerprint density at radius 2 is 1.44 bits per heavy atom. The van der Waals surface area contributed by atoms with Gasteiger partial charge in [-0.3, -0.25) is 0 Å². The molecule has 1 atom stereocenters. The van der Waals surface area contributed by atoms with E-state index in [9.17, 15) is 0 Å². The van der Waals surface area contributed by atoms with Gasteiger partial charge >= 0.3 is 0 Å². The van der Waals surface area contributed by atoms with Crippen LogP contribution in [0.5, 0.6) is 0 Å². The summed E-state index contributed by atoms with van der Waals surface area (Å²) in [5.41, 5.74) is 0.936. The predicted molar refractivity (Wildman–Crippen MR) is 78.6 cm³/mol. The highest BCUT2D eigenvalue weighted by molar-refractivity contribution is 6.78. The third-order valence-electron chi connectivity index (χ3n) is 4.04. The fourth-order valence-electron chi connectivity index (χ4n) is 2.70. The smallest absolute Gasteiger partial charge is 0.128 e. The Hall–Kier alpha value is 0.177. The van der Waals surface area contributed by atoms with Crippen molar-refractivity contribution in [3.8, 4) is 0 Å². The van der Waals surface area contributed by atoms with Crippen LogP contribution < -0.4 is 4.98 Å². The van der Waals surface area contributed by atoms with Crippen LogP contribution in [0, 0.1) is 0 Å². The van der Waals surface area contributed by atoms with Gasteiger partial charge in [-0.2, -0.15) is 0 Å². The average Bonchev–Trinajstić information content (AvgIpc) is 2.32.